The minimum absolute atomic E-state index is 0.00825. The molecule has 0 aromatic heterocycles. The van der Waals surface area contributed by atoms with Gasteiger partial charge in [-0.2, -0.15) is 13.2 Å². The average molecular weight is 388 g/mol. The number of primary amides is 1. The number of urea groups is 1. The number of nitrogens with two attached hydrogens (primary N) is 1. The molecule has 0 saturated carbocycles. The Morgan fingerprint density at radius 1 is 1.08 bits per heavy atom. The van der Waals surface area contributed by atoms with Crippen LogP contribution in [0.25, 0.3) is 0 Å². The summed E-state index contributed by atoms with van der Waals surface area (Å²) in [6.45, 7) is -1.51. The molecule has 0 unspecified atom stereocenters. The number of alkyl halides is 3. The van der Waals surface area contributed by atoms with Crippen LogP contribution in [0.2, 0.25) is 5.02 Å². The molecule has 0 fully saturated rings. The zero-order valence-electron chi connectivity index (χ0n) is 13.1. The number of nitrogens with one attached hydrogen (secondary N) is 2. The fourth-order valence-corrected chi connectivity index (χ4v) is 2.10. The van der Waals surface area contributed by atoms with Crippen LogP contribution in [0, 0.1) is 0 Å². The molecule has 0 heterocycles. The van der Waals surface area contributed by atoms with E-state index >= 15 is 0 Å². The summed E-state index contributed by atoms with van der Waals surface area (Å²) in [7, 11) is 0. The lowest BCUT2D eigenvalue weighted by molar-refractivity contribution is -0.153. The van der Waals surface area contributed by atoms with Gasteiger partial charge in [0.2, 0.25) is 0 Å². The predicted octanol–water partition coefficient (Wildman–Crippen LogP) is 4.02. The van der Waals surface area contributed by atoms with Crippen LogP contribution in [0.3, 0.4) is 0 Å². The molecule has 2 rings (SSSR count). The maximum Gasteiger partial charge on any atom is 0.422 e. The van der Waals surface area contributed by atoms with E-state index in [9.17, 15) is 22.8 Å². The van der Waals surface area contributed by atoms with Gasteiger partial charge in [-0.05, 0) is 42.5 Å². The third-order valence-electron chi connectivity index (χ3n) is 3.00. The molecule has 2 aromatic rings. The van der Waals surface area contributed by atoms with Gasteiger partial charge >= 0.3 is 12.2 Å². The average Bonchev–Trinajstić information content (AvgIpc) is 2.53. The van der Waals surface area contributed by atoms with Gasteiger partial charge in [0, 0.05) is 16.3 Å². The number of halogens is 4. The highest BCUT2D eigenvalue weighted by Crippen LogP contribution is 2.30. The molecule has 6 nitrogen and oxygen atoms in total. The van der Waals surface area contributed by atoms with E-state index in [0.717, 1.165) is 0 Å². The maximum absolute atomic E-state index is 12.3. The molecule has 2 aromatic carbocycles. The van der Waals surface area contributed by atoms with Crippen LogP contribution in [0.1, 0.15) is 10.4 Å². The smallest absolute Gasteiger partial charge is 0.422 e. The van der Waals surface area contributed by atoms with Crippen LogP contribution in [-0.4, -0.2) is 24.7 Å². The van der Waals surface area contributed by atoms with Gasteiger partial charge in [0.1, 0.15) is 5.75 Å². The van der Waals surface area contributed by atoms with Gasteiger partial charge in [0.15, 0.2) is 6.61 Å². The highest BCUT2D eigenvalue weighted by atomic mass is 35.5. The highest BCUT2D eigenvalue weighted by Gasteiger charge is 2.29. The second kappa shape index (κ2) is 7.96. The summed E-state index contributed by atoms with van der Waals surface area (Å²) < 4.78 is 41.7. The van der Waals surface area contributed by atoms with Crippen LogP contribution in [0.5, 0.6) is 5.75 Å². The number of rotatable bonds is 5. The quantitative estimate of drug-likeness (QED) is 0.723. The predicted molar refractivity (Wildman–Crippen MR) is 90.6 cm³/mol. The first-order valence-corrected chi connectivity index (χ1v) is 7.49. The van der Waals surface area contributed by atoms with Gasteiger partial charge in [-0.25, -0.2) is 4.79 Å². The molecular formula is C16H13ClF3N3O3. The molecule has 0 spiro atoms. The van der Waals surface area contributed by atoms with Crippen molar-refractivity contribution in [1.29, 1.82) is 0 Å². The number of benzene rings is 2. The van der Waals surface area contributed by atoms with Gasteiger partial charge in [-0.1, -0.05) is 11.6 Å². The fraction of sp³-hybridized carbons (Fsp3) is 0.125. The Labute approximate surface area is 151 Å². The second-order valence-corrected chi connectivity index (χ2v) is 5.50. The van der Waals surface area contributed by atoms with Crippen molar-refractivity contribution in [3.8, 4) is 5.75 Å². The largest absolute Gasteiger partial charge is 0.482 e. The third kappa shape index (κ3) is 5.85. The van der Waals surface area contributed by atoms with E-state index in [1.54, 1.807) is 0 Å². The topological polar surface area (TPSA) is 93.5 Å². The van der Waals surface area contributed by atoms with Crippen LogP contribution in [-0.2, 0) is 0 Å². The van der Waals surface area contributed by atoms with Crippen LogP contribution in [0.15, 0.2) is 42.5 Å². The minimum atomic E-state index is -4.52. The molecule has 26 heavy (non-hydrogen) atoms. The van der Waals surface area contributed by atoms with E-state index in [2.05, 4.69) is 10.6 Å². The maximum atomic E-state index is 12.3. The lowest BCUT2D eigenvalue weighted by atomic mass is 10.2. The Balaban J connectivity index is 2.15. The summed E-state index contributed by atoms with van der Waals surface area (Å²) >= 11 is 5.82. The molecule has 3 amide bonds. The number of anilines is 2. The molecular weight excluding hydrogens is 375 g/mol. The monoisotopic (exact) mass is 387 g/mol. The van der Waals surface area contributed by atoms with E-state index in [0.29, 0.717) is 5.69 Å². The second-order valence-electron chi connectivity index (χ2n) is 5.07. The van der Waals surface area contributed by atoms with Crippen molar-refractivity contribution in [1.82, 2.24) is 0 Å². The number of carbonyl (C=O) groups excluding carboxylic acids is 2. The number of amides is 3. The fourth-order valence-electron chi connectivity index (χ4n) is 1.93. The Hall–Kier alpha value is -2.94. The van der Waals surface area contributed by atoms with Crippen molar-refractivity contribution in [2.24, 2.45) is 5.73 Å². The first-order valence-electron chi connectivity index (χ1n) is 7.11. The molecule has 0 bridgehead atoms. The molecule has 10 heteroatoms. The third-order valence-corrected chi connectivity index (χ3v) is 3.23. The summed E-state index contributed by atoms with van der Waals surface area (Å²) in [5.41, 5.74) is 5.55. The Bertz CT molecular complexity index is 811. The Kier molecular flexibility index (Phi) is 5.93. The lowest BCUT2D eigenvalue weighted by Gasteiger charge is -2.14. The van der Waals surface area contributed by atoms with Crippen LogP contribution >= 0.6 is 11.6 Å². The van der Waals surface area contributed by atoms with E-state index < -0.39 is 24.7 Å². The Morgan fingerprint density at radius 3 is 2.31 bits per heavy atom. The van der Waals surface area contributed by atoms with E-state index in [-0.39, 0.29) is 22.0 Å². The Morgan fingerprint density at radius 2 is 1.73 bits per heavy atom. The molecule has 0 aliphatic heterocycles. The summed E-state index contributed by atoms with van der Waals surface area (Å²) in [4.78, 5) is 23.0. The van der Waals surface area contributed by atoms with Crippen molar-refractivity contribution in [3.63, 3.8) is 0 Å². The van der Waals surface area contributed by atoms with Crippen molar-refractivity contribution >= 4 is 34.9 Å². The lowest BCUT2D eigenvalue weighted by Crippen LogP contribution is -2.20. The summed E-state index contributed by atoms with van der Waals surface area (Å²) in [5, 5.41) is 4.98. The first-order chi connectivity index (χ1) is 12.1. The SMILES string of the molecule is NC(=O)Nc1ccc(C(=O)Nc2cc(Cl)ccc2OCC(F)(F)F)cc1. The molecule has 0 saturated heterocycles. The highest BCUT2D eigenvalue weighted by molar-refractivity contribution is 6.31. The molecule has 0 atom stereocenters. The van der Waals surface area contributed by atoms with E-state index in [1.165, 1.54) is 42.5 Å². The molecule has 4 N–H and O–H groups in total. The summed E-state index contributed by atoms with van der Waals surface area (Å²) in [5.74, 6) is -0.776. The summed E-state index contributed by atoms with van der Waals surface area (Å²) in [6.07, 6.45) is -4.52. The van der Waals surface area contributed by atoms with Crippen molar-refractivity contribution in [3.05, 3.63) is 53.1 Å². The van der Waals surface area contributed by atoms with Gasteiger partial charge in [-0.3, -0.25) is 4.79 Å². The number of hydrogen-bond acceptors (Lipinski definition) is 3. The van der Waals surface area contributed by atoms with Gasteiger partial charge in [0.05, 0.1) is 5.69 Å². The minimum Gasteiger partial charge on any atom is -0.482 e. The first kappa shape index (κ1) is 19.4. The number of ether oxygens (including phenoxy) is 1. The molecule has 0 aliphatic carbocycles. The molecule has 138 valence electrons. The summed E-state index contributed by atoms with van der Waals surface area (Å²) in [6, 6.07) is 8.78. The zero-order chi connectivity index (χ0) is 19.3. The van der Waals surface area contributed by atoms with E-state index in [1.807, 2.05) is 0 Å². The zero-order valence-corrected chi connectivity index (χ0v) is 13.8. The van der Waals surface area contributed by atoms with Gasteiger partial charge in [-0.15, -0.1) is 0 Å². The van der Waals surface area contributed by atoms with Crippen molar-refractivity contribution in [2.75, 3.05) is 17.2 Å². The van der Waals surface area contributed by atoms with Crippen molar-refractivity contribution < 1.29 is 27.5 Å². The van der Waals surface area contributed by atoms with Crippen LogP contribution in [0.4, 0.5) is 29.3 Å². The standard InChI is InChI=1S/C16H13ClF3N3O3/c17-10-3-6-13(26-8-16(18,19)20)12(7-10)23-14(24)9-1-4-11(5-2-9)22-15(21)25/h1-7H,8H2,(H,23,24)(H3,21,22,25). The van der Waals surface area contributed by atoms with Gasteiger partial charge in [0.25, 0.3) is 5.91 Å². The van der Waals surface area contributed by atoms with E-state index in [4.69, 9.17) is 22.1 Å². The number of hydrogen-bond donors (Lipinski definition) is 3. The molecule has 0 radical (unpaired) electrons. The molecule has 0 aliphatic rings. The van der Waals surface area contributed by atoms with Crippen LogP contribution < -0.4 is 21.1 Å². The van der Waals surface area contributed by atoms with Gasteiger partial charge < -0.3 is 21.1 Å². The normalized spacial score (nSPS) is 10.9. The number of carbonyl (C=O) groups is 2. The van der Waals surface area contributed by atoms with Crippen molar-refractivity contribution in [2.45, 2.75) is 6.18 Å².